The molecule has 1 saturated carbocycles. The number of benzene rings is 1. The number of hydrogen-bond acceptors (Lipinski definition) is 5. The van der Waals surface area contributed by atoms with Crippen LogP contribution in [0, 0.1) is 0 Å². The van der Waals surface area contributed by atoms with Crippen molar-refractivity contribution in [3.05, 3.63) is 58.5 Å². The fraction of sp³-hybridized carbons (Fsp3) is 0.286. The zero-order valence-corrected chi connectivity index (χ0v) is 17.7. The van der Waals surface area contributed by atoms with E-state index in [1.807, 2.05) is 29.7 Å². The van der Waals surface area contributed by atoms with Gasteiger partial charge in [-0.25, -0.2) is 9.97 Å². The summed E-state index contributed by atoms with van der Waals surface area (Å²) in [5.41, 5.74) is 4.36. The van der Waals surface area contributed by atoms with Crippen LogP contribution in [-0.2, 0) is 6.61 Å². The third kappa shape index (κ3) is 4.18. The first-order valence-corrected chi connectivity index (χ1v) is 10.2. The summed E-state index contributed by atoms with van der Waals surface area (Å²) in [6, 6.07) is 7.66. The predicted octanol–water partition coefficient (Wildman–Crippen LogP) is 3.53. The Morgan fingerprint density at radius 1 is 1.31 bits per heavy atom. The van der Waals surface area contributed by atoms with Crippen LogP contribution in [-0.4, -0.2) is 38.0 Å². The van der Waals surface area contributed by atoms with Crippen LogP contribution in [0.15, 0.2) is 47.2 Å². The van der Waals surface area contributed by atoms with Gasteiger partial charge in [0, 0.05) is 29.9 Å². The molecule has 0 saturated heterocycles. The van der Waals surface area contributed by atoms with Crippen molar-refractivity contribution in [2.45, 2.75) is 32.4 Å². The van der Waals surface area contributed by atoms with Gasteiger partial charge in [0.25, 0.3) is 5.91 Å². The quantitative estimate of drug-likeness (QED) is 0.474. The van der Waals surface area contributed by atoms with Crippen LogP contribution in [0.5, 0.6) is 0 Å². The summed E-state index contributed by atoms with van der Waals surface area (Å²) in [5.74, 6) is 0.543. The molecule has 7 nitrogen and oxygen atoms in total. The molecule has 1 fully saturated rings. The molecule has 2 aromatic heterocycles. The molecule has 29 heavy (non-hydrogen) atoms. The number of aliphatic hydroxyl groups excluding tert-OH is 1. The van der Waals surface area contributed by atoms with Crippen LogP contribution < -0.4 is 10.6 Å². The van der Waals surface area contributed by atoms with Gasteiger partial charge in [0.05, 0.1) is 18.0 Å². The molecule has 3 aromatic rings. The summed E-state index contributed by atoms with van der Waals surface area (Å²) in [5, 5.41) is 16.1. The van der Waals surface area contributed by atoms with Gasteiger partial charge in [-0.3, -0.25) is 9.20 Å². The molecule has 0 spiro atoms. The van der Waals surface area contributed by atoms with E-state index in [0.29, 0.717) is 39.9 Å². The number of carbonyl (C=O) groups excluding carboxylic acids is 1. The van der Waals surface area contributed by atoms with E-state index in [9.17, 15) is 9.90 Å². The van der Waals surface area contributed by atoms with Crippen LogP contribution >= 0.6 is 15.9 Å². The Morgan fingerprint density at radius 3 is 2.66 bits per heavy atom. The molecule has 3 N–H and O–H groups in total. The van der Waals surface area contributed by atoms with Gasteiger partial charge in [-0.05, 0) is 47.8 Å². The highest BCUT2D eigenvalue weighted by Crippen LogP contribution is 2.30. The molecule has 2 heterocycles. The van der Waals surface area contributed by atoms with Crippen LogP contribution in [0.4, 0.5) is 5.82 Å². The average molecular weight is 456 g/mol. The zero-order valence-electron chi connectivity index (χ0n) is 16.1. The van der Waals surface area contributed by atoms with E-state index in [4.69, 9.17) is 0 Å². The monoisotopic (exact) mass is 455 g/mol. The van der Waals surface area contributed by atoms with Crippen molar-refractivity contribution >= 4 is 33.3 Å². The molecular weight excluding hydrogens is 434 g/mol. The van der Waals surface area contributed by atoms with Crippen molar-refractivity contribution in [1.82, 2.24) is 19.7 Å². The van der Waals surface area contributed by atoms with E-state index < -0.39 is 0 Å². The minimum absolute atomic E-state index is 0.0576. The number of hydrogen-bond donors (Lipinski definition) is 3. The molecular formula is C21H22BrN5O2. The summed E-state index contributed by atoms with van der Waals surface area (Å²) in [6.45, 7) is 6.19. The molecule has 0 radical (unpaired) electrons. The summed E-state index contributed by atoms with van der Waals surface area (Å²) >= 11 is 3.45. The molecule has 0 aliphatic heterocycles. The summed E-state index contributed by atoms with van der Waals surface area (Å²) in [4.78, 5) is 21.3. The highest BCUT2D eigenvalue weighted by atomic mass is 79.9. The maximum Gasteiger partial charge on any atom is 0.251 e. The highest BCUT2D eigenvalue weighted by molar-refractivity contribution is 9.10. The van der Waals surface area contributed by atoms with Crippen molar-refractivity contribution in [3.8, 4) is 11.3 Å². The smallest absolute Gasteiger partial charge is 0.251 e. The molecule has 150 valence electrons. The van der Waals surface area contributed by atoms with E-state index in [0.717, 1.165) is 29.7 Å². The minimum atomic E-state index is -0.210. The maximum absolute atomic E-state index is 12.2. The molecule has 4 rings (SSSR count). The first-order chi connectivity index (χ1) is 14.0. The first-order valence-electron chi connectivity index (χ1n) is 9.44. The van der Waals surface area contributed by atoms with Gasteiger partial charge in [-0.15, -0.1) is 0 Å². The van der Waals surface area contributed by atoms with Gasteiger partial charge < -0.3 is 15.7 Å². The lowest BCUT2D eigenvalue weighted by atomic mass is 10.1. The Kier molecular flexibility index (Phi) is 5.38. The summed E-state index contributed by atoms with van der Waals surface area (Å²) < 4.78 is 2.53. The Bertz CT molecular complexity index is 1090. The second-order valence-electron chi connectivity index (χ2n) is 7.31. The lowest BCUT2D eigenvalue weighted by Gasteiger charge is -2.10. The van der Waals surface area contributed by atoms with Crippen LogP contribution in [0.3, 0.4) is 0 Å². The number of nitrogens with zero attached hydrogens (tertiary/aromatic N) is 3. The van der Waals surface area contributed by atoms with Gasteiger partial charge in [0.2, 0.25) is 0 Å². The standard InChI is InChI=1S/C21H22BrN5O2/c1-12(2)9-23-19-20-25-16(11-28)18(27(20)10-17(22)26-19)13-3-5-14(6-4-13)21(29)24-15-7-8-15/h3-6,10,15,28H,1,7-9,11H2,2H3,(H,23,26)(H,24,29). The number of rotatable bonds is 7. The number of imidazole rings is 1. The number of aliphatic hydroxyl groups is 1. The van der Waals surface area contributed by atoms with Gasteiger partial charge in [-0.2, -0.15) is 0 Å². The van der Waals surface area contributed by atoms with Gasteiger partial charge >= 0.3 is 0 Å². The predicted molar refractivity (Wildman–Crippen MR) is 116 cm³/mol. The minimum Gasteiger partial charge on any atom is -0.390 e. The van der Waals surface area contributed by atoms with E-state index in [1.165, 1.54) is 0 Å². The van der Waals surface area contributed by atoms with Crippen molar-refractivity contribution in [2.75, 3.05) is 11.9 Å². The van der Waals surface area contributed by atoms with Crippen LogP contribution in [0.25, 0.3) is 16.9 Å². The SMILES string of the molecule is C=C(C)CNc1nc(Br)cn2c(-c3ccc(C(=O)NC4CC4)cc3)c(CO)nc12. The lowest BCUT2D eigenvalue weighted by Crippen LogP contribution is -2.25. The largest absolute Gasteiger partial charge is 0.390 e. The molecule has 0 atom stereocenters. The van der Waals surface area contributed by atoms with Gasteiger partial charge in [-0.1, -0.05) is 24.3 Å². The Hall–Kier alpha value is -2.71. The maximum atomic E-state index is 12.2. The number of amides is 1. The molecule has 1 amide bonds. The van der Waals surface area contributed by atoms with Gasteiger partial charge in [0.15, 0.2) is 11.5 Å². The zero-order chi connectivity index (χ0) is 20.5. The number of carbonyl (C=O) groups is 1. The molecule has 0 bridgehead atoms. The number of fused-ring (bicyclic) bond motifs is 1. The second-order valence-corrected chi connectivity index (χ2v) is 8.12. The normalized spacial score (nSPS) is 13.5. The fourth-order valence-electron chi connectivity index (χ4n) is 3.11. The number of nitrogens with one attached hydrogen (secondary N) is 2. The number of anilines is 1. The second kappa shape index (κ2) is 7.96. The lowest BCUT2D eigenvalue weighted by molar-refractivity contribution is 0.0951. The van der Waals surface area contributed by atoms with Crippen LogP contribution in [0.1, 0.15) is 35.8 Å². The Balaban J connectivity index is 1.74. The molecule has 8 heteroatoms. The summed E-state index contributed by atoms with van der Waals surface area (Å²) in [6.07, 6.45) is 3.92. The van der Waals surface area contributed by atoms with E-state index >= 15 is 0 Å². The van der Waals surface area contributed by atoms with E-state index in [-0.39, 0.29) is 12.5 Å². The van der Waals surface area contributed by atoms with Gasteiger partial charge in [0.1, 0.15) is 4.60 Å². The molecule has 1 aromatic carbocycles. The van der Waals surface area contributed by atoms with Crippen molar-refractivity contribution in [1.29, 1.82) is 0 Å². The molecule has 0 unspecified atom stereocenters. The topological polar surface area (TPSA) is 91.6 Å². The van der Waals surface area contributed by atoms with Crippen LogP contribution in [0.2, 0.25) is 0 Å². The Morgan fingerprint density at radius 2 is 2.03 bits per heavy atom. The van der Waals surface area contributed by atoms with Crippen molar-refractivity contribution < 1.29 is 9.90 Å². The third-order valence-electron chi connectivity index (χ3n) is 4.69. The Labute approximate surface area is 177 Å². The number of aromatic nitrogens is 3. The summed E-state index contributed by atoms with van der Waals surface area (Å²) in [7, 11) is 0. The number of halogens is 1. The van der Waals surface area contributed by atoms with Crippen molar-refractivity contribution in [2.24, 2.45) is 0 Å². The third-order valence-corrected chi connectivity index (χ3v) is 5.07. The van der Waals surface area contributed by atoms with E-state index in [1.54, 1.807) is 12.1 Å². The first kappa shape index (κ1) is 19.6. The van der Waals surface area contributed by atoms with E-state index in [2.05, 4.69) is 43.1 Å². The average Bonchev–Trinajstić information content (AvgIpc) is 3.43. The van der Waals surface area contributed by atoms with Crippen molar-refractivity contribution in [3.63, 3.8) is 0 Å². The molecule has 1 aliphatic rings. The highest BCUT2D eigenvalue weighted by Gasteiger charge is 2.24. The fourth-order valence-corrected chi connectivity index (χ4v) is 3.49. The molecule has 1 aliphatic carbocycles.